The highest BCUT2D eigenvalue weighted by atomic mass is 19.4. The number of fused-ring (bicyclic) bond motifs is 1. The van der Waals surface area contributed by atoms with Crippen molar-refractivity contribution in [2.75, 3.05) is 19.0 Å². The largest absolute Gasteiger partial charge is 0.497 e. The van der Waals surface area contributed by atoms with Gasteiger partial charge in [0.2, 0.25) is 11.8 Å². The maximum absolute atomic E-state index is 13.2. The van der Waals surface area contributed by atoms with Crippen molar-refractivity contribution in [2.24, 2.45) is 0 Å². The van der Waals surface area contributed by atoms with Gasteiger partial charge in [-0.15, -0.1) is 0 Å². The predicted molar refractivity (Wildman–Crippen MR) is 116 cm³/mol. The first-order valence-corrected chi connectivity index (χ1v) is 10.6. The van der Waals surface area contributed by atoms with Gasteiger partial charge in [-0.05, 0) is 36.2 Å². The van der Waals surface area contributed by atoms with Crippen LogP contribution < -0.4 is 20.7 Å². The molecule has 34 heavy (non-hydrogen) atoms. The van der Waals surface area contributed by atoms with Crippen molar-refractivity contribution in [2.45, 2.75) is 37.1 Å². The van der Waals surface area contributed by atoms with Crippen molar-refractivity contribution >= 4 is 23.5 Å². The number of benzene rings is 2. The number of para-hydroxylation sites is 1. The molecule has 2 fully saturated rings. The summed E-state index contributed by atoms with van der Waals surface area (Å²) in [5.74, 6) is 0.0743. The van der Waals surface area contributed by atoms with Crippen LogP contribution in [0.15, 0.2) is 48.5 Å². The van der Waals surface area contributed by atoms with Crippen molar-refractivity contribution in [1.82, 2.24) is 15.5 Å². The first-order chi connectivity index (χ1) is 16.2. The van der Waals surface area contributed by atoms with Gasteiger partial charge in [0.15, 0.2) is 0 Å². The number of halogens is 3. The molecule has 0 spiro atoms. The van der Waals surface area contributed by atoms with Crippen LogP contribution in [0.25, 0.3) is 0 Å². The van der Waals surface area contributed by atoms with Crippen LogP contribution in [0.2, 0.25) is 0 Å². The van der Waals surface area contributed by atoms with Crippen molar-refractivity contribution in [1.29, 1.82) is 0 Å². The molecule has 2 aliphatic rings. The molecule has 4 rings (SSSR count). The van der Waals surface area contributed by atoms with Crippen molar-refractivity contribution < 1.29 is 32.3 Å². The summed E-state index contributed by atoms with van der Waals surface area (Å²) in [6, 6.07) is 8.86. The molecular formula is C23H23F3N4O4. The lowest BCUT2D eigenvalue weighted by Crippen LogP contribution is -2.61. The molecule has 180 valence electrons. The van der Waals surface area contributed by atoms with Crippen molar-refractivity contribution in [3.63, 3.8) is 0 Å². The first-order valence-electron chi connectivity index (χ1n) is 10.6. The number of hydrogen-bond acceptors (Lipinski definition) is 4. The number of nitrogens with zero attached hydrogens (tertiary/aromatic N) is 1. The lowest BCUT2D eigenvalue weighted by Gasteiger charge is -2.34. The van der Waals surface area contributed by atoms with Gasteiger partial charge < -0.3 is 25.6 Å². The van der Waals surface area contributed by atoms with E-state index in [1.807, 2.05) is 12.1 Å². The molecule has 0 radical (unpaired) electrons. The summed E-state index contributed by atoms with van der Waals surface area (Å²) in [5, 5.41) is 7.53. The third-order valence-electron chi connectivity index (χ3n) is 5.92. The number of alkyl halides is 3. The lowest BCUT2D eigenvalue weighted by molar-refractivity contribution is -0.147. The normalized spacial score (nSPS) is 22.1. The van der Waals surface area contributed by atoms with Crippen LogP contribution in [0.5, 0.6) is 5.75 Å². The monoisotopic (exact) mass is 476 g/mol. The van der Waals surface area contributed by atoms with Crippen LogP contribution in [-0.4, -0.2) is 54.5 Å². The van der Waals surface area contributed by atoms with Crippen molar-refractivity contribution in [3.8, 4) is 5.75 Å². The third-order valence-corrected chi connectivity index (χ3v) is 5.92. The summed E-state index contributed by atoms with van der Waals surface area (Å²) in [6.45, 7) is 0.0877. The second-order valence-corrected chi connectivity index (χ2v) is 8.19. The molecule has 0 aliphatic carbocycles. The summed E-state index contributed by atoms with van der Waals surface area (Å²) in [4.78, 5) is 39.4. The van der Waals surface area contributed by atoms with E-state index in [-0.39, 0.29) is 30.5 Å². The average molecular weight is 476 g/mol. The second-order valence-electron chi connectivity index (χ2n) is 8.19. The van der Waals surface area contributed by atoms with E-state index < -0.39 is 35.9 Å². The zero-order chi connectivity index (χ0) is 24.5. The van der Waals surface area contributed by atoms with E-state index in [4.69, 9.17) is 4.74 Å². The van der Waals surface area contributed by atoms with E-state index in [1.165, 1.54) is 17.0 Å². The smallest absolute Gasteiger partial charge is 0.418 e. The number of nitrogens with one attached hydrogen (secondary N) is 3. The maximum Gasteiger partial charge on any atom is 0.418 e. The number of urea groups is 1. The summed E-state index contributed by atoms with van der Waals surface area (Å²) in [6.07, 6.45) is -4.16. The average Bonchev–Trinajstić information content (AvgIpc) is 3.22. The van der Waals surface area contributed by atoms with Gasteiger partial charge >= 0.3 is 12.2 Å². The SMILES string of the molecule is COc1ccc(C[C@@H]2NC(=O)[C@@H]3C[C@H](NC(=O)Nc4ccccc4C(F)(F)F)CN3C2=O)cc1. The van der Waals surface area contributed by atoms with Crippen LogP contribution in [0, 0.1) is 0 Å². The van der Waals surface area contributed by atoms with E-state index in [9.17, 15) is 27.6 Å². The molecule has 2 aromatic rings. The topological polar surface area (TPSA) is 99.8 Å². The quantitative estimate of drug-likeness (QED) is 0.618. The highest BCUT2D eigenvalue weighted by Crippen LogP contribution is 2.34. The van der Waals surface area contributed by atoms with Crippen molar-refractivity contribution in [3.05, 3.63) is 59.7 Å². The Morgan fingerprint density at radius 3 is 2.53 bits per heavy atom. The molecule has 2 aromatic carbocycles. The van der Waals surface area contributed by atoms with Crippen LogP contribution >= 0.6 is 0 Å². The standard InChI is InChI=1S/C23H23F3N4O4/c1-34-15-8-6-13(7-9-15)10-18-21(32)30-12-14(11-19(30)20(31)28-18)27-22(33)29-17-5-3-2-4-16(17)23(24,25)26/h2-9,14,18-19H,10-12H2,1H3,(H,28,31)(H2,27,29,33)/t14-,18-,19-/m0/s1. The first kappa shape index (κ1) is 23.4. The van der Waals surface area contributed by atoms with E-state index in [0.29, 0.717) is 12.2 Å². The summed E-state index contributed by atoms with van der Waals surface area (Å²) in [5.41, 5.74) is -0.504. The van der Waals surface area contributed by atoms with E-state index in [1.54, 1.807) is 19.2 Å². The van der Waals surface area contributed by atoms with Gasteiger partial charge in [0.05, 0.1) is 24.4 Å². The van der Waals surface area contributed by atoms with Crippen LogP contribution in [0.4, 0.5) is 23.7 Å². The minimum atomic E-state index is -4.62. The highest BCUT2D eigenvalue weighted by Gasteiger charge is 2.46. The molecular weight excluding hydrogens is 453 g/mol. The third kappa shape index (κ3) is 4.92. The Morgan fingerprint density at radius 1 is 1.15 bits per heavy atom. The molecule has 3 atom stereocenters. The fraction of sp³-hybridized carbons (Fsp3) is 0.348. The van der Waals surface area contributed by atoms with Crippen LogP contribution in [0.3, 0.4) is 0 Å². The molecule has 8 nitrogen and oxygen atoms in total. The Bertz CT molecular complexity index is 1090. The van der Waals surface area contributed by atoms with Gasteiger partial charge in [-0.1, -0.05) is 24.3 Å². The minimum absolute atomic E-state index is 0.0877. The molecule has 0 saturated carbocycles. The van der Waals surface area contributed by atoms with E-state index in [2.05, 4.69) is 16.0 Å². The molecule has 4 amide bonds. The summed E-state index contributed by atoms with van der Waals surface area (Å²) in [7, 11) is 1.55. The number of amides is 4. The Balaban J connectivity index is 1.38. The predicted octanol–water partition coefficient (Wildman–Crippen LogP) is 2.55. The molecule has 3 N–H and O–H groups in total. The molecule has 0 bridgehead atoms. The number of anilines is 1. The number of carbonyl (C=O) groups excluding carboxylic acids is 3. The van der Waals surface area contributed by atoms with Crippen LogP contribution in [-0.2, 0) is 22.2 Å². The molecule has 11 heteroatoms. The van der Waals surface area contributed by atoms with Gasteiger partial charge in [-0.3, -0.25) is 9.59 Å². The number of carbonyl (C=O) groups is 3. The summed E-state index contributed by atoms with van der Waals surface area (Å²) >= 11 is 0. The Labute approximate surface area is 193 Å². The number of piperazine rings is 1. The fourth-order valence-electron chi connectivity index (χ4n) is 4.28. The Morgan fingerprint density at radius 2 is 1.85 bits per heavy atom. The number of methoxy groups -OCH3 is 1. The molecule has 0 aromatic heterocycles. The highest BCUT2D eigenvalue weighted by molar-refractivity contribution is 5.98. The summed E-state index contributed by atoms with van der Waals surface area (Å²) < 4.78 is 44.6. The van der Waals surface area contributed by atoms with Gasteiger partial charge in [-0.2, -0.15) is 13.2 Å². The molecule has 2 saturated heterocycles. The Hall–Kier alpha value is -3.76. The molecule has 0 unspecified atom stereocenters. The van der Waals surface area contributed by atoms with Gasteiger partial charge in [0.1, 0.15) is 17.8 Å². The fourth-order valence-corrected chi connectivity index (χ4v) is 4.28. The number of ether oxygens (including phenoxy) is 1. The maximum atomic E-state index is 13.2. The van der Waals surface area contributed by atoms with Gasteiger partial charge in [0.25, 0.3) is 0 Å². The lowest BCUT2D eigenvalue weighted by atomic mass is 10.0. The van der Waals surface area contributed by atoms with E-state index in [0.717, 1.165) is 17.7 Å². The van der Waals surface area contributed by atoms with E-state index >= 15 is 0 Å². The number of rotatable bonds is 5. The van der Waals surface area contributed by atoms with Crippen LogP contribution in [0.1, 0.15) is 17.5 Å². The van der Waals surface area contributed by atoms with Gasteiger partial charge in [-0.25, -0.2) is 4.79 Å². The molecule has 2 aliphatic heterocycles. The molecule has 2 heterocycles. The number of hydrogen-bond donors (Lipinski definition) is 3. The zero-order valence-electron chi connectivity index (χ0n) is 18.2. The second kappa shape index (κ2) is 9.24. The zero-order valence-corrected chi connectivity index (χ0v) is 18.2. The minimum Gasteiger partial charge on any atom is -0.497 e. The Kier molecular flexibility index (Phi) is 6.36. The van der Waals surface area contributed by atoms with Gasteiger partial charge in [0, 0.05) is 13.0 Å².